The maximum Gasteiger partial charge on any atom is 0.0796 e. The highest BCUT2D eigenvalue weighted by atomic mass is 14.8. The molecule has 0 N–H and O–H groups in total. The van der Waals surface area contributed by atoms with Crippen molar-refractivity contribution in [2.24, 2.45) is 4.99 Å². The summed E-state index contributed by atoms with van der Waals surface area (Å²) < 4.78 is 0. The van der Waals surface area contributed by atoms with Crippen molar-refractivity contribution in [1.29, 1.82) is 0 Å². The third kappa shape index (κ3) is 5.45. The lowest BCUT2D eigenvalue weighted by Crippen LogP contribution is -2.10. The minimum atomic E-state index is 0.0339. The van der Waals surface area contributed by atoms with Crippen LogP contribution in [0.5, 0.6) is 0 Å². The number of dihydropyridines is 1. The van der Waals surface area contributed by atoms with E-state index in [0.29, 0.717) is 0 Å². The fraction of sp³-hybridized carbons (Fsp3) is 0.0513. The average molecular weight is 540 g/mol. The van der Waals surface area contributed by atoms with E-state index < -0.39 is 0 Å². The second kappa shape index (κ2) is 11.6. The molecule has 0 aliphatic carbocycles. The number of benzene rings is 4. The van der Waals surface area contributed by atoms with Gasteiger partial charge in [0.25, 0.3) is 0 Å². The van der Waals surface area contributed by atoms with Crippen molar-refractivity contribution in [3.63, 3.8) is 0 Å². The molecule has 2 aromatic heterocycles. The molecule has 7 rings (SSSR count). The van der Waals surface area contributed by atoms with Gasteiger partial charge in [0, 0.05) is 29.1 Å². The van der Waals surface area contributed by atoms with Crippen molar-refractivity contribution in [1.82, 2.24) is 9.97 Å². The maximum absolute atomic E-state index is 5.21. The summed E-state index contributed by atoms with van der Waals surface area (Å²) >= 11 is 0. The molecule has 0 radical (unpaired) electrons. The van der Waals surface area contributed by atoms with Gasteiger partial charge in [0.05, 0.1) is 23.1 Å². The lowest BCUT2D eigenvalue weighted by molar-refractivity contribution is 0.748. The number of aromatic nitrogens is 2. The Morgan fingerprint density at radius 2 is 1.10 bits per heavy atom. The summed E-state index contributed by atoms with van der Waals surface area (Å²) in [5.74, 6) is 0. The second-order valence-electron chi connectivity index (χ2n) is 10.5. The topological polar surface area (TPSA) is 38.1 Å². The van der Waals surface area contributed by atoms with E-state index >= 15 is 0 Å². The van der Waals surface area contributed by atoms with Crippen LogP contribution in [0.15, 0.2) is 163 Å². The number of hydrogen-bond donors (Lipinski definition) is 0. The Morgan fingerprint density at radius 3 is 1.74 bits per heavy atom. The monoisotopic (exact) mass is 539 g/mol. The van der Waals surface area contributed by atoms with Crippen molar-refractivity contribution < 1.29 is 0 Å². The fourth-order valence-electron chi connectivity index (χ4n) is 5.53. The first kappa shape index (κ1) is 25.6. The summed E-state index contributed by atoms with van der Waals surface area (Å²) in [4.78, 5) is 14.8. The van der Waals surface area contributed by atoms with Crippen LogP contribution in [0.2, 0.25) is 0 Å². The first-order valence-electron chi connectivity index (χ1n) is 14.3. The molecule has 1 aliphatic rings. The lowest BCUT2D eigenvalue weighted by atomic mass is 9.87. The van der Waals surface area contributed by atoms with Crippen LogP contribution >= 0.6 is 0 Å². The van der Waals surface area contributed by atoms with Gasteiger partial charge in [-0.2, -0.15) is 0 Å². The summed E-state index contributed by atoms with van der Waals surface area (Å²) in [6.07, 6.45) is 6.87. The molecule has 0 spiro atoms. The molecule has 4 aromatic carbocycles. The van der Waals surface area contributed by atoms with Gasteiger partial charge in [-0.05, 0) is 76.7 Å². The number of rotatable bonds is 6. The smallest absolute Gasteiger partial charge is 0.0796 e. The highest BCUT2D eigenvalue weighted by molar-refractivity contribution is 6.13. The van der Waals surface area contributed by atoms with Gasteiger partial charge in [-0.15, -0.1) is 0 Å². The number of hydrogen-bond acceptors (Lipinski definition) is 3. The number of pyridine rings is 2. The van der Waals surface area contributed by atoms with Crippen LogP contribution in [0.25, 0.3) is 39.2 Å². The average Bonchev–Trinajstić information content (AvgIpc) is 3.09. The minimum absolute atomic E-state index is 0.0339. The number of aliphatic imine (C=N–C) groups is 1. The van der Waals surface area contributed by atoms with Crippen LogP contribution in [-0.2, 0) is 0 Å². The molecular weight excluding hydrogens is 510 g/mol. The third-order valence-corrected chi connectivity index (χ3v) is 7.70. The summed E-state index contributed by atoms with van der Waals surface area (Å²) in [7, 11) is 0. The van der Waals surface area contributed by atoms with Gasteiger partial charge in [-0.3, -0.25) is 15.0 Å². The second-order valence-corrected chi connectivity index (χ2v) is 10.5. The molecule has 200 valence electrons. The van der Waals surface area contributed by atoms with Crippen LogP contribution in [0.3, 0.4) is 0 Å². The van der Waals surface area contributed by atoms with Crippen LogP contribution in [0.4, 0.5) is 0 Å². The molecule has 3 nitrogen and oxygen atoms in total. The SMILES string of the molecule is C1=C(c2cc(-c3ccccn3)cc(-c3ccc(-c4ccccc4)cn3)c2)CC(c2ccccc2)N=C1c1ccccc1. The first-order valence-corrected chi connectivity index (χ1v) is 14.3. The zero-order chi connectivity index (χ0) is 28.1. The van der Waals surface area contributed by atoms with Gasteiger partial charge in [-0.1, -0.05) is 103 Å². The molecule has 42 heavy (non-hydrogen) atoms. The normalized spacial score (nSPS) is 14.6. The van der Waals surface area contributed by atoms with Gasteiger partial charge in [0.2, 0.25) is 0 Å². The maximum atomic E-state index is 5.21. The zero-order valence-electron chi connectivity index (χ0n) is 23.1. The molecule has 0 amide bonds. The van der Waals surface area contributed by atoms with Crippen molar-refractivity contribution in [2.45, 2.75) is 12.5 Å². The Morgan fingerprint density at radius 1 is 0.476 bits per heavy atom. The summed E-state index contributed by atoms with van der Waals surface area (Å²) in [6.45, 7) is 0. The predicted octanol–water partition coefficient (Wildman–Crippen LogP) is 9.50. The fourth-order valence-corrected chi connectivity index (χ4v) is 5.53. The zero-order valence-corrected chi connectivity index (χ0v) is 23.1. The minimum Gasteiger partial charge on any atom is -0.276 e. The Balaban J connectivity index is 1.34. The molecule has 1 aliphatic heterocycles. The molecule has 3 heterocycles. The van der Waals surface area contributed by atoms with Gasteiger partial charge in [0.15, 0.2) is 0 Å². The van der Waals surface area contributed by atoms with E-state index in [1.807, 2.05) is 36.7 Å². The lowest BCUT2D eigenvalue weighted by Gasteiger charge is -2.23. The third-order valence-electron chi connectivity index (χ3n) is 7.70. The molecule has 6 aromatic rings. The number of allylic oxidation sites excluding steroid dienone is 1. The van der Waals surface area contributed by atoms with Gasteiger partial charge < -0.3 is 0 Å². The molecule has 0 saturated heterocycles. The van der Waals surface area contributed by atoms with E-state index in [-0.39, 0.29) is 6.04 Å². The number of nitrogens with zero attached hydrogens (tertiary/aromatic N) is 3. The predicted molar refractivity (Wildman–Crippen MR) is 173 cm³/mol. The van der Waals surface area contributed by atoms with Crippen LogP contribution in [0, 0.1) is 0 Å². The summed E-state index contributed by atoms with van der Waals surface area (Å²) in [5.41, 5.74) is 12.0. The van der Waals surface area contributed by atoms with E-state index in [0.717, 1.165) is 56.9 Å². The molecule has 0 saturated carbocycles. The van der Waals surface area contributed by atoms with Crippen molar-refractivity contribution in [3.05, 3.63) is 175 Å². The summed E-state index contributed by atoms with van der Waals surface area (Å²) in [6, 6.07) is 48.5. The van der Waals surface area contributed by atoms with Crippen molar-refractivity contribution >= 4 is 11.3 Å². The van der Waals surface area contributed by atoms with Gasteiger partial charge in [0.1, 0.15) is 0 Å². The van der Waals surface area contributed by atoms with Gasteiger partial charge in [-0.25, -0.2) is 0 Å². The largest absolute Gasteiger partial charge is 0.276 e. The summed E-state index contributed by atoms with van der Waals surface area (Å²) in [5, 5.41) is 0. The molecule has 0 bridgehead atoms. The Hall–Kier alpha value is -5.41. The highest BCUT2D eigenvalue weighted by Gasteiger charge is 2.21. The van der Waals surface area contributed by atoms with Gasteiger partial charge >= 0.3 is 0 Å². The highest BCUT2D eigenvalue weighted by Crippen LogP contribution is 2.38. The van der Waals surface area contributed by atoms with Crippen LogP contribution in [0.1, 0.15) is 29.2 Å². The Labute approximate surface area is 246 Å². The Bertz CT molecular complexity index is 1860. The molecule has 0 fully saturated rings. The van der Waals surface area contributed by atoms with E-state index in [4.69, 9.17) is 9.98 Å². The van der Waals surface area contributed by atoms with E-state index in [9.17, 15) is 0 Å². The van der Waals surface area contributed by atoms with Crippen LogP contribution < -0.4 is 0 Å². The van der Waals surface area contributed by atoms with E-state index in [2.05, 4.69) is 126 Å². The van der Waals surface area contributed by atoms with E-state index in [1.54, 1.807) is 0 Å². The molecular formula is C39H29N3. The standard InChI is InChI=1S/C39H29N3/c1-4-12-28(13-5-1)31-19-20-37(41-27-31)35-23-32(22-34(24-35)36-18-10-11-21-40-36)33-25-38(29-14-6-2-7-15-29)42-39(26-33)30-16-8-3-9-17-30/h1-25,27,39H,26H2. The molecule has 1 atom stereocenters. The van der Waals surface area contributed by atoms with E-state index in [1.165, 1.54) is 11.1 Å². The Kier molecular flexibility index (Phi) is 7.06. The first-order chi connectivity index (χ1) is 20.8. The van der Waals surface area contributed by atoms with Crippen molar-refractivity contribution in [3.8, 4) is 33.6 Å². The molecule has 3 heteroatoms. The molecule has 1 unspecified atom stereocenters. The quantitative estimate of drug-likeness (QED) is 0.211. The van der Waals surface area contributed by atoms with Crippen molar-refractivity contribution in [2.75, 3.05) is 0 Å². The van der Waals surface area contributed by atoms with Crippen LogP contribution in [-0.4, -0.2) is 15.7 Å².